The fourth-order valence-corrected chi connectivity index (χ4v) is 3.71. The molecule has 1 aliphatic rings. The van der Waals surface area contributed by atoms with E-state index >= 15 is 0 Å². The molecule has 1 fully saturated rings. The van der Waals surface area contributed by atoms with Crippen LogP contribution in [0.5, 0.6) is 0 Å². The summed E-state index contributed by atoms with van der Waals surface area (Å²) in [7, 11) is 0. The molecule has 1 aliphatic carbocycles. The lowest BCUT2D eigenvalue weighted by atomic mass is 10.1. The van der Waals surface area contributed by atoms with E-state index in [1.807, 2.05) is 31.4 Å². The number of anilines is 2. The van der Waals surface area contributed by atoms with Crippen molar-refractivity contribution in [1.29, 1.82) is 0 Å². The van der Waals surface area contributed by atoms with Crippen LogP contribution in [-0.4, -0.2) is 16.9 Å². The second-order valence-electron chi connectivity index (χ2n) is 6.67. The lowest BCUT2D eigenvalue weighted by Gasteiger charge is -2.14. The van der Waals surface area contributed by atoms with Crippen LogP contribution < -0.4 is 16.0 Å². The minimum absolute atomic E-state index is 0.0701. The Balaban J connectivity index is 1.58. The maximum Gasteiger partial charge on any atom is 0.319 e. The number of thiazole rings is 1. The molecule has 1 aromatic carbocycles. The molecule has 1 saturated carbocycles. The molecule has 0 bridgehead atoms. The first-order valence-corrected chi connectivity index (χ1v) is 9.76. The minimum Gasteiger partial charge on any atom is -0.332 e. The van der Waals surface area contributed by atoms with Crippen molar-refractivity contribution in [3.63, 3.8) is 0 Å². The van der Waals surface area contributed by atoms with Crippen molar-refractivity contribution in [2.75, 3.05) is 10.6 Å². The maximum absolute atomic E-state index is 12.3. The molecular weight excluding hydrogens is 348 g/mol. The number of hydrogen-bond donors (Lipinski definition) is 3. The Labute approximate surface area is 157 Å². The molecule has 7 heteroatoms. The van der Waals surface area contributed by atoms with E-state index < -0.39 is 0 Å². The fraction of sp³-hybridized carbons (Fsp3) is 0.421. The van der Waals surface area contributed by atoms with Gasteiger partial charge in [-0.1, -0.05) is 18.9 Å². The number of nitrogens with zero attached hydrogens (tertiary/aromatic N) is 1. The monoisotopic (exact) mass is 372 g/mol. The van der Waals surface area contributed by atoms with Gasteiger partial charge in [-0.05, 0) is 44.4 Å². The molecule has 26 heavy (non-hydrogen) atoms. The van der Waals surface area contributed by atoms with E-state index in [4.69, 9.17) is 0 Å². The number of hydrogen-bond acceptors (Lipinski definition) is 4. The molecule has 0 radical (unpaired) electrons. The van der Waals surface area contributed by atoms with Gasteiger partial charge in [-0.2, -0.15) is 0 Å². The summed E-state index contributed by atoms with van der Waals surface area (Å²) in [4.78, 5) is 28.8. The van der Waals surface area contributed by atoms with Crippen LogP contribution in [0.4, 0.5) is 16.2 Å². The van der Waals surface area contributed by atoms with E-state index in [1.54, 1.807) is 17.4 Å². The van der Waals surface area contributed by atoms with Crippen LogP contribution in [0.1, 0.15) is 41.9 Å². The first-order chi connectivity index (χ1) is 12.5. The van der Waals surface area contributed by atoms with Gasteiger partial charge < -0.3 is 16.0 Å². The highest BCUT2D eigenvalue weighted by molar-refractivity contribution is 7.09. The summed E-state index contributed by atoms with van der Waals surface area (Å²) < 4.78 is 0. The van der Waals surface area contributed by atoms with Gasteiger partial charge in [0.1, 0.15) is 0 Å². The Morgan fingerprint density at radius 1 is 1.19 bits per heavy atom. The lowest BCUT2D eigenvalue weighted by molar-refractivity contribution is -0.119. The van der Waals surface area contributed by atoms with Gasteiger partial charge >= 0.3 is 6.03 Å². The lowest BCUT2D eigenvalue weighted by Crippen LogP contribution is -2.28. The zero-order valence-corrected chi connectivity index (χ0v) is 15.9. The van der Waals surface area contributed by atoms with Gasteiger partial charge in [-0.25, -0.2) is 9.78 Å². The molecule has 3 amide bonds. The Kier molecular flexibility index (Phi) is 5.88. The SMILES string of the molecule is Cc1nc(CNC(=O)Nc2cc(NC(=O)C3CCCC3)ccc2C)cs1. The average Bonchev–Trinajstić information content (AvgIpc) is 3.28. The van der Waals surface area contributed by atoms with Gasteiger partial charge in [-0.3, -0.25) is 4.79 Å². The number of carbonyl (C=O) groups excluding carboxylic acids is 2. The number of rotatable bonds is 5. The molecule has 1 heterocycles. The second-order valence-corrected chi connectivity index (χ2v) is 7.73. The summed E-state index contributed by atoms with van der Waals surface area (Å²) in [6.45, 7) is 4.23. The summed E-state index contributed by atoms with van der Waals surface area (Å²) in [6.07, 6.45) is 4.16. The van der Waals surface area contributed by atoms with Crippen LogP contribution in [0.2, 0.25) is 0 Å². The third-order valence-electron chi connectivity index (χ3n) is 4.58. The van der Waals surface area contributed by atoms with E-state index in [9.17, 15) is 9.59 Å². The zero-order valence-electron chi connectivity index (χ0n) is 15.1. The van der Waals surface area contributed by atoms with Gasteiger partial charge in [0.2, 0.25) is 5.91 Å². The summed E-state index contributed by atoms with van der Waals surface area (Å²) >= 11 is 1.56. The highest BCUT2D eigenvalue weighted by atomic mass is 32.1. The normalized spacial score (nSPS) is 14.2. The predicted molar refractivity (Wildman–Crippen MR) is 104 cm³/mol. The Bertz CT molecular complexity index is 797. The predicted octanol–water partition coefficient (Wildman–Crippen LogP) is 4.21. The van der Waals surface area contributed by atoms with Crippen molar-refractivity contribution in [2.24, 2.45) is 5.92 Å². The number of urea groups is 1. The molecule has 2 aromatic rings. The fourth-order valence-electron chi connectivity index (χ4n) is 3.09. The summed E-state index contributed by atoms with van der Waals surface area (Å²) in [6, 6.07) is 5.26. The third kappa shape index (κ3) is 4.82. The molecule has 3 N–H and O–H groups in total. The van der Waals surface area contributed by atoms with E-state index in [2.05, 4.69) is 20.9 Å². The Morgan fingerprint density at radius 2 is 1.96 bits per heavy atom. The standard InChI is InChI=1S/C19H24N4O2S/c1-12-7-8-15(22-18(24)14-5-3-4-6-14)9-17(12)23-19(25)20-10-16-11-26-13(2)21-16/h7-9,11,14H,3-6,10H2,1-2H3,(H,22,24)(H2,20,23,25). The third-order valence-corrected chi connectivity index (χ3v) is 5.40. The Hall–Kier alpha value is -2.41. The number of aromatic nitrogens is 1. The van der Waals surface area contributed by atoms with Crippen molar-refractivity contribution in [3.05, 3.63) is 39.8 Å². The number of aryl methyl sites for hydroxylation is 2. The van der Waals surface area contributed by atoms with Crippen LogP contribution in [0.25, 0.3) is 0 Å². The first-order valence-electron chi connectivity index (χ1n) is 8.88. The van der Waals surface area contributed by atoms with Crippen molar-refractivity contribution >= 4 is 34.6 Å². The van der Waals surface area contributed by atoms with E-state index in [0.29, 0.717) is 17.9 Å². The van der Waals surface area contributed by atoms with Gasteiger partial charge in [-0.15, -0.1) is 11.3 Å². The molecule has 0 atom stereocenters. The van der Waals surface area contributed by atoms with Gasteiger partial charge in [0.05, 0.1) is 17.2 Å². The molecule has 0 unspecified atom stereocenters. The minimum atomic E-state index is -0.293. The van der Waals surface area contributed by atoms with Crippen molar-refractivity contribution < 1.29 is 9.59 Å². The topological polar surface area (TPSA) is 83.1 Å². The Morgan fingerprint density at radius 3 is 2.65 bits per heavy atom. The molecule has 0 spiro atoms. The largest absolute Gasteiger partial charge is 0.332 e. The van der Waals surface area contributed by atoms with E-state index in [1.165, 1.54) is 0 Å². The maximum atomic E-state index is 12.3. The molecule has 0 saturated heterocycles. The van der Waals surface area contributed by atoms with Crippen molar-refractivity contribution in [3.8, 4) is 0 Å². The van der Waals surface area contributed by atoms with Crippen molar-refractivity contribution in [1.82, 2.24) is 10.3 Å². The molecule has 1 aromatic heterocycles. The number of carbonyl (C=O) groups is 2. The van der Waals surface area contributed by atoms with Crippen LogP contribution in [0.15, 0.2) is 23.6 Å². The second kappa shape index (κ2) is 8.31. The molecule has 6 nitrogen and oxygen atoms in total. The molecule has 3 rings (SSSR count). The van der Waals surface area contributed by atoms with Crippen LogP contribution in [-0.2, 0) is 11.3 Å². The number of amides is 3. The van der Waals surface area contributed by atoms with Gasteiger partial charge in [0.15, 0.2) is 0 Å². The highest BCUT2D eigenvalue weighted by Crippen LogP contribution is 2.27. The van der Waals surface area contributed by atoms with E-state index in [-0.39, 0.29) is 17.9 Å². The number of benzene rings is 1. The average molecular weight is 372 g/mol. The molecular formula is C19H24N4O2S. The number of nitrogens with one attached hydrogen (secondary N) is 3. The van der Waals surface area contributed by atoms with Crippen LogP contribution >= 0.6 is 11.3 Å². The summed E-state index contributed by atoms with van der Waals surface area (Å²) in [5.74, 6) is 0.179. The highest BCUT2D eigenvalue weighted by Gasteiger charge is 2.22. The zero-order chi connectivity index (χ0) is 18.5. The first kappa shape index (κ1) is 18.4. The van der Waals surface area contributed by atoms with Gasteiger partial charge in [0.25, 0.3) is 0 Å². The van der Waals surface area contributed by atoms with Crippen LogP contribution in [0, 0.1) is 19.8 Å². The van der Waals surface area contributed by atoms with Crippen molar-refractivity contribution in [2.45, 2.75) is 46.1 Å². The van der Waals surface area contributed by atoms with Crippen LogP contribution in [0.3, 0.4) is 0 Å². The smallest absolute Gasteiger partial charge is 0.319 e. The molecule has 0 aliphatic heterocycles. The van der Waals surface area contributed by atoms with E-state index in [0.717, 1.165) is 41.9 Å². The quantitative estimate of drug-likeness (QED) is 0.735. The summed E-state index contributed by atoms with van der Waals surface area (Å²) in [5, 5.41) is 11.5. The molecule has 138 valence electrons. The van der Waals surface area contributed by atoms with Gasteiger partial charge in [0, 0.05) is 22.7 Å². The summed E-state index contributed by atoms with van der Waals surface area (Å²) in [5.41, 5.74) is 3.17.